The van der Waals surface area contributed by atoms with Gasteiger partial charge in [-0.1, -0.05) is 19.4 Å². The quantitative estimate of drug-likeness (QED) is 0.476. The molecule has 2 aliphatic rings. The molecular formula is C24H40O4. The largest absolute Gasteiger partial charge is 0.463 e. The second kappa shape index (κ2) is 9.56. The zero-order chi connectivity index (χ0) is 21.1. The average Bonchev–Trinajstić information content (AvgIpc) is 2.57. The lowest BCUT2D eigenvalue weighted by molar-refractivity contribution is -0.155. The predicted octanol–water partition coefficient (Wildman–Crippen LogP) is 5.23. The van der Waals surface area contributed by atoms with Gasteiger partial charge in [-0.2, -0.15) is 0 Å². The van der Waals surface area contributed by atoms with Gasteiger partial charge in [-0.05, 0) is 101 Å². The van der Waals surface area contributed by atoms with Gasteiger partial charge in [-0.3, -0.25) is 9.59 Å². The fraction of sp³-hybridized carbons (Fsp3) is 0.833. The standard InChI is InChI=1S/C24H40O4/c1-7-22(17(4)26)15(2)12-19-8-9-20-14-21(28-18(5)27)10-11-24(20,6)23(19)13-16(3)25/h16,19-21,23,25H,7-14H2,1-6H3/b22-15+/t16-,19+,20-,21+,23+,24+/m1/s1. The highest BCUT2D eigenvalue weighted by Crippen LogP contribution is 2.58. The molecule has 0 heterocycles. The van der Waals surface area contributed by atoms with Gasteiger partial charge >= 0.3 is 5.97 Å². The third-order valence-electron chi connectivity index (χ3n) is 7.58. The summed E-state index contributed by atoms with van der Waals surface area (Å²) in [5.41, 5.74) is 2.37. The summed E-state index contributed by atoms with van der Waals surface area (Å²) >= 11 is 0. The Bertz CT molecular complexity index is 606. The van der Waals surface area contributed by atoms with Gasteiger partial charge in [-0.15, -0.1) is 0 Å². The summed E-state index contributed by atoms with van der Waals surface area (Å²) in [6.45, 7) is 11.6. The molecule has 160 valence electrons. The number of allylic oxidation sites excluding steroid dienone is 2. The fourth-order valence-corrected chi connectivity index (χ4v) is 6.25. The van der Waals surface area contributed by atoms with Gasteiger partial charge in [0.15, 0.2) is 5.78 Å². The first-order valence-corrected chi connectivity index (χ1v) is 11.1. The molecule has 0 aromatic heterocycles. The number of hydrogen-bond donors (Lipinski definition) is 1. The summed E-state index contributed by atoms with van der Waals surface area (Å²) in [6.07, 6.45) is 7.45. The second-order valence-electron chi connectivity index (χ2n) is 9.61. The van der Waals surface area contributed by atoms with Crippen molar-refractivity contribution in [2.24, 2.45) is 23.2 Å². The Morgan fingerprint density at radius 3 is 2.39 bits per heavy atom. The van der Waals surface area contributed by atoms with E-state index in [9.17, 15) is 14.7 Å². The normalized spacial score (nSPS) is 34.8. The van der Waals surface area contributed by atoms with Crippen molar-refractivity contribution < 1.29 is 19.4 Å². The first-order chi connectivity index (χ1) is 13.1. The highest BCUT2D eigenvalue weighted by atomic mass is 16.5. The minimum atomic E-state index is -0.322. The maximum atomic E-state index is 12.0. The molecule has 4 heteroatoms. The maximum Gasteiger partial charge on any atom is 0.302 e. The molecule has 28 heavy (non-hydrogen) atoms. The summed E-state index contributed by atoms with van der Waals surface area (Å²) in [6, 6.07) is 0. The van der Waals surface area contributed by atoms with E-state index in [1.807, 2.05) is 6.92 Å². The molecule has 2 aliphatic carbocycles. The van der Waals surface area contributed by atoms with Crippen molar-refractivity contribution in [1.29, 1.82) is 0 Å². The summed E-state index contributed by atoms with van der Waals surface area (Å²) in [7, 11) is 0. The SMILES string of the molecule is CC/C(C(C)=O)=C(/C)C[C@@H]1CC[C@@H]2C[C@@H](OC(C)=O)CC[C@]2(C)[C@H]1C[C@@H](C)O. The van der Waals surface area contributed by atoms with Crippen LogP contribution >= 0.6 is 0 Å². The van der Waals surface area contributed by atoms with E-state index >= 15 is 0 Å². The van der Waals surface area contributed by atoms with Crippen LogP contribution in [-0.2, 0) is 14.3 Å². The fourth-order valence-electron chi connectivity index (χ4n) is 6.25. The Labute approximate surface area is 171 Å². The molecule has 0 aromatic rings. The van der Waals surface area contributed by atoms with Crippen LogP contribution in [0.2, 0.25) is 0 Å². The minimum Gasteiger partial charge on any atom is -0.463 e. The topological polar surface area (TPSA) is 63.6 Å². The van der Waals surface area contributed by atoms with E-state index < -0.39 is 0 Å². The second-order valence-corrected chi connectivity index (χ2v) is 9.61. The van der Waals surface area contributed by atoms with Crippen LogP contribution in [0.25, 0.3) is 0 Å². The van der Waals surface area contributed by atoms with Crippen LogP contribution in [0.3, 0.4) is 0 Å². The zero-order valence-corrected chi connectivity index (χ0v) is 18.7. The van der Waals surface area contributed by atoms with Crippen molar-refractivity contribution in [1.82, 2.24) is 0 Å². The van der Waals surface area contributed by atoms with Crippen molar-refractivity contribution in [2.75, 3.05) is 0 Å². The molecule has 0 radical (unpaired) electrons. The molecule has 1 N–H and O–H groups in total. The van der Waals surface area contributed by atoms with E-state index in [-0.39, 0.29) is 29.4 Å². The predicted molar refractivity (Wildman–Crippen MR) is 112 cm³/mol. The van der Waals surface area contributed by atoms with Gasteiger partial charge in [0.05, 0.1) is 6.10 Å². The number of ether oxygens (including phenoxy) is 1. The van der Waals surface area contributed by atoms with Gasteiger partial charge in [0, 0.05) is 6.92 Å². The lowest BCUT2D eigenvalue weighted by Gasteiger charge is -2.55. The van der Waals surface area contributed by atoms with Crippen molar-refractivity contribution in [3.05, 3.63) is 11.1 Å². The number of carbonyl (C=O) groups is 2. The summed E-state index contributed by atoms with van der Waals surface area (Å²) in [4.78, 5) is 23.4. The van der Waals surface area contributed by atoms with Gasteiger partial charge in [0.2, 0.25) is 0 Å². The molecule has 0 aromatic carbocycles. The van der Waals surface area contributed by atoms with Gasteiger partial charge in [0.1, 0.15) is 6.10 Å². The highest BCUT2D eigenvalue weighted by molar-refractivity contribution is 5.93. The van der Waals surface area contributed by atoms with E-state index in [0.29, 0.717) is 17.8 Å². The van der Waals surface area contributed by atoms with Crippen molar-refractivity contribution in [3.63, 3.8) is 0 Å². The Kier molecular flexibility index (Phi) is 7.89. The van der Waals surface area contributed by atoms with E-state index in [1.165, 1.54) is 12.5 Å². The third kappa shape index (κ3) is 5.25. The Balaban J connectivity index is 2.24. The monoisotopic (exact) mass is 392 g/mol. The van der Waals surface area contributed by atoms with Crippen LogP contribution < -0.4 is 0 Å². The number of fused-ring (bicyclic) bond motifs is 1. The van der Waals surface area contributed by atoms with E-state index in [0.717, 1.165) is 56.9 Å². The minimum absolute atomic E-state index is 0.0466. The first-order valence-electron chi connectivity index (χ1n) is 11.1. The van der Waals surface area contributed by atoms with Crippen LogP contribution in [0.1, 0.15) is 92.9 Å². The molecule has 6 atom stereocenters. The smallest absolute Gasteiger partial charge is 0.302 e. The van der Waals surface area contributed by atoms with Crippen molar-refractivity contribution in [3.8, 4) is 0 Å². The van der Waals surface area contributed by atoms with Crippen LogP contribution in [0, 0.1) is 23.2 Å². The molecule has 2 fully saturated rings. The molecule has 0 saturated heterocycles. The van der Waals surface area contributed by atoms with E-state index in [1.54, 1.807) is 6.92 Å². The highest BCUT2D eigenvalue weighted by Gasteiger charge is 2.51. The van der Waals surface area contributed by atoms with Crippen molar-refractivity contribution in [2.45, 2.75) is 105 Å². The Hall–Kier alpha value is -1.16. The lowest BCUT2D eigenvalue weighted by atomic mass is 9.50. The summed E-state index contributed by atoms with van der Waals surface area (Å²) in [5, 5.41) is 10.2. The van der Waals surface area contributed by atoms with Crippen LogP contribution in [0.5, 0.6) is 0 Å². The molecule has 0 amide bonds. The molecule has 0 aliphatic heterocycles. The lowest BCUT2D eigenvalue weighted by Crippen LogP contribution is -2.49. The van der Waals surface area contributed by atoms with Crippen LogP contribution in [0.15, 0.2) is 11.1 Å². The van der Waals surface area contributed by atoms with E-state index in [4.69, 9.17) is 4.74 Å². The molecule has 0 spiro atoms. The number of rotatable bonds is 7. The first kappa shape index (κ1) is 23.1. The zero-order valence-electron chi connectivity index (χ0n) is 18.7. The summed E-state index contributed by atoms with van der Waals surface area (Å²) in [5.74, 6) is 1.48. The molecule has 4 nitrogen and oxygen atoms in total. The van der Waals surface area contributed by atoms with Gasteiger partial charge in [0.25, 0.3) is 0 Å². The Morgan fingerprint density at radius 2 is 1.86 bits per heavy atom. The number of ketones is 1. The third-order valence-corrected chi connectivity index (χ3v) is 7.58. The number of carbonyl (C=O) groups excluding carboxylic acids is 2. The molecule has 0 bridgehead atoms. The molecule has 2 rings (SSSR count). The number of esters is 1. The number of aliphatic hydroxyl groups is 1. The number of aliphatic hydroxyl groups excluding tert-OH is 1. The number of hydrogen-bond acceptors (Lipinski definition) is 4. The van der Waals surface area contributed by atoms with Gasteiger partial charge in [-0.25, -0.2) is 0 Å². The molecule has 2 saturated carbocycles. The summed E-state index contributed by atoms with van der Waals surface area (Å²) < 4.78 is 5.53. The molecule has 0 unspecified atom stereocenters. The maximum absolute atomic E-state index is 12.0. The number of Topliss-reactive ketones (excluding diaryl/α,β-unsaturated/α-hetero) is 1. The van der Waals surface area contributed by atoms with Crippen LogP contribution in [-0.4, -0.2) is 29.1 Å². The van der Waals surface area contributed by atoms with Crippen molar-refractivity contribution >= 4 is 11.8 Å². The molecular weight excluding hydrogens is 352 g/mol. The van der Waals surface area contributed by atoms with Crippen LogP contribution in [0.4, 0.5) is 0 Å². The van der Waals surface area contributed by atoms with Gasteiger partial charge < -0.3 is 9.84 Å². The van der Waals surface area contributed by atoms with E-state index in [2.05, 4.69) is 20.8 Å². The average molecular weight is 393 g/mol. The Morgan fingerprint density at radius 1 is 1.18 bits per heavy atom.